The summed E-state index contributed by atoms with van der Waals surface area (Å²) in [5, 5.41) is 110. The lowest BCUT2D eigenvalue weighted by Gasteiger charge is -2.45. The summed E-state index contributed by atoms with van der Waals surface area (Å²) >= 11 is 0. The van der Waals surface area contributed by atoms with E-state index in [1.54, 1.807) is 33.8 Å². The molecule has 0 amide bonds. The average molecular weight is 1020 g/mol. The Morgan fingerprint density at radius 2 is 1.17 bits per heavy atom. The number of aliphatic hydroxyl groups excluding tert-OH is 8. The molecule has 0 saturated carbocycles. The van der Waals surface area contributed by atoms with E-state index in [1.165, 1.54) is 0 Å². The monoisotopic (exact) mass is 1020 g/mol. The number of ether oxygens (including phenoxy) is 4. The number of hydrogen-bond acceptors (Lipinski definition) is 15. The number of hydrogen-bond donors (Lipinski definition) is 10. The first-order valence-electron chi connectivity index (χ1n) is 26.1. The van der Waals surface area contributed by atoms with Gasteiger partial charge < -0.3 is 70.0 Å². The van der Waals surface area contributed by atoms with Gasteiger partial charge in [-0.15, -0.1) is 0 Å². The number of carboxylic acids is 1. The van der Waals surface area contributed by atoms with E-state index in [1.807, 2.05) is 60.6 Å². The maximum Gasteiger partial charge on any atom is 0.311 e. The first-order valence-corrected chi connectivity index (χ1v) is 26.1. The van der Waals surface area contributed by atoms with E-state index < -0.39 is 134 Å². The van der Waals surface area contributed by atoms with Gasteiger partial charge in [-0.3, -0.25) is 9.59 Å². The number of rotatable bonds is 3. The van der Waals surface area contributed by atoms with Crippen LogP contribution < -0.4 is 0 Å². The summed E-state index contributed by atoms with van der Waals surface area (Å²) in [5.41, 5.74) is 5.73. The molecule has 2 bridgehead atoms. The van der Waals surface area contributed by atoms with Gasteiger partial charge in [-0.1, -0.05) is 105 Å². The van der Waals surface area contributed by atoms with E-state index >= 15 is 0 Å². The summed E-state index contributed by atoms with van der Waals surface area (Å²) in [6, 6.07) is 0. The summed E-state index contributed by atoms with van der Waals surface area (Å²) in [5.74, 6) is -7.36. The van der Waals surface area contributed by atoms with E-state index in [9.17, 15) is 60.7 Å². The summed E-state index contributed by atoms with van der Waals surface area (Å²) in [7, 11) is 0. The molecule has 3 aliphatic heterocycles. The van der Waals surface area contributed by atoms with E-state index in [-0.39, 0.29) is 50.4 Å². The van der Waals surface area contributed by atoms with Crippen molar-refractivity contribution >= 4 is 11.9 Å². The molecule has 0 aromatic carbocycles. The minimum atomic E-state index is -2.24. The van der Waals surface area contributed by atoms with Gasteiger partial charge in [0.15, 0.2) is 12.1 Å². The summed E-state index contributed by atoms with van der Waals surface area (Å²) in [6.45, 7) is 24.5. The Morgan fingerprint density at radius 1 is 0.597 bits per heavy atom. The van der Waals surface area contributed by atoms with Gasteiger partial charge in [0.1, 0.15) is 18.1 Å². The number of cyclic esters (lactones) is 1. The normalized spacial score (nSPS) is 41.3. The van der Waals surface area contributed by atoms with Gasteiger partial charge in [0.25, 0.3) is 0 Å². The fourth-order valence-electron chi connectivity index (χ4n) is 10.5. The van der Waals surface area contributed by atoms with Crippen LogP contribution in [0.25, 0.3) is 0 Å². The molecule has 16 heteroatoms. The van der Waals surface area contributed by atoms with Gasteiger partial charge in [0.2, 0.25) is 0 Å². The first-order chi connectivity index (χ1) is 33.4. The Labute approximate surface area is 428 Å². The molecular formula is C56H92O16. The minimum absolute atomic E-state index is 0.100. The van der Waals surface area contributed by atoms with Gasteiger partial charge >= 0.3 is 11.9 Å². The Balaban J connectivity index is 2.03. The molecule has 16 nitrogen and oxygen atoms in total. The van der Waals surface area contributed by atoms with Gasteiger partial charge in [-0.2, -0.15) is 0 Å². The predicted octanol–water partition coefficient (Wildman–Crippen LogP) is 6.11. The van der Waals surface area contributed by atoms with Crippen LogP contribution in [-0.2, 0) is 28.5 Å². The van der Waals surface area contributed by atoms with Crippen molar-refractivity contribution in [2.45, 2.75) is 233 Å². The van der Waals surface area contributed by atoms with Crippen molar-refractivity contribution in [3.63, 3.8) is 0 Å². The van der Waals surface area contributed by atoms with Crippen LogP contribution in [0.5, 0.6) is 0 Å². The molecule has 3 aliphatic rings. The molecule has 4 unspecified atom stereocenters. The van der Waals surface area contributed by atoms with Crippen LogP contribution in [0, 0.1) is 35.5 Å². The summed E-state index contributed by atoms with van der Waals surface area (Å²) < 4.78 is 24.0. The zero-order valence-corrected chi connectivity index (χ0v) is 45.2. The zero-order valence-electron chi connectivity index (χ0n) is 45.2. The number of fused-ring (bicyclic) bond motifs is 2. The standard InChI is InChI=1S/C56H92O16/c1-29-16-30(2)18-32(4)20-34(6)22-45(71-55-53(65)39(11)52(64)41(13)70-55)26-48-50(54(66)67)47(61)28-56(68,72-48)27-44(59)24-46(60)35(7)14-15-42(57)23-43(58)25-49(62)69-40(12)38(10)51(63)37(9)36(8)21-33(5)19-31(3)17-29/h16-20,22,35-48,50-53,55,57-61,63-65,68H,14-15,21,23-28H2,1-13H3,(H,66,67)/t35-,36?,37-,38-,39-,40?,41+,42-,43-,44+,45+,46-,47?,48?,50-,51-,52+,53-,55-,56-/m1/s1. The topological polar surface area (TPSA) is 273 Å². The first kappa shape index (κ1) is 63.2. The molecule has 2 fully saturated rings. The lowest BCUT2D eigenvalue weighted by molar-refractivity contribution is -0.311. The lowest BCUT2D eigenvalue weighted by atomic mass is 9.80. The lowest BCUT2D eigenvalue weighted by Crippen LogP contribution is -2.57. The maximum absolute atomic E-state index is 12.9. The smallest absolute Gasteiger partial charge is 0.311 e. The number of aliphatic carboxylic acids is 1. The van der Waals surface area contributed by atoms with Crippen molar-refractivity contribution in [3.05, 3.63) is 69.9 Å². The third kappa shape index (κ3) is 19.9. The van der Waals surface area contributed by atoms with Crippen molar-refractivity contribution in [1.82, 2.24) is 0 Å². The van der Waals surface area contributed by atoms with Crippen molar-refractivity contribution in [3.8, 4) is 0 Å². The average Bonchev–Trinajstić information content (AvgIpc) is 3.24. The van der Waals surface area contributed by atoms with Crippen molar-refractivity contribution < 1.29 is 79.6 Å². The van der Waals surface area contributed by atoms with Crippen LogP contribution in [0.1, 0.15) is 148 Å². The highest BCUT2D eigenvalue weighted by Crippen LogP contribution is 2.39. The van der Waals surface area contributed by atoms with Crippen molar-refractivity contribution in [1.29, 1.82) is 0 Å². The Hall–Kier alpha value is -3.10. The van der Waals surface area contributed by atoms with Gasteiger partial charge in [-0.05, 0) is 105 Å². The number of allylic oxidation sites excluding steroid dienone is 11. The van der Waals surface area contributed by atoms with E-state index in [4.69, 9.17) is 18.9 Å². The molecule has 2 saturated heterocycles. The molecule has 72 heavy (non-hydrogen) atoms. The molecule has 3 heterocycles. The second-order valence-corrected chi connectivity index (χ2v) is 22.2. The van der Waals surface area contributed by atoms with E-state index in [0.29, 0.717) is 5.57 Å². The van der Waals surface area contributed by atoms with Gasteiger partial charge in [0.05, 0.1) is 67.5 Å². The van der Waals surface area contributed by atoms with E-state index in [0.717, 1.165) is 34.3 Å². The Kier molecular flexibility index (Phi) is 25.2. The highest BCUT2D eigenvalue weighted by molar-refractivity contribution is 5.71. The zero-order chi connectivity index (χ0) is 54.5. The van der Waals surface area contributed by atoms with Crippen molar-refractivity contribution in [2.75, 3.05) is 0 Å². The molecule has 0 aromatic heterocycles. The van der Waals surface area contributed by atoms with Crippen LogP contribution in [0.2, 0.25) is 0 Å². The maximum atomic E-state index is 12.9. The molecule has 10 N–H and O–H groups in total. The highest BCUT2D eigenvalue weighted by Gasteiger charge is 2.51. The van der Waals surface area contributed by atoms with Crippen LogP contribution in [0.4, 0.5) is 0 Å². The molecule has 0 aromatic rings. The number of carboxylic acid groups (broad SMARTS) is 1. The minimum Gasteiger partial charge on any atom is -0.481 e. The fourth-order valence-corrected chi connectivity index (χ4v) is 10.5. The Morgan fingerprint density at radius 3 is 1.75 bits per heavy atom. The molecule has 3 rings (SSSR count). The number of esters is 1. The third-order valence-electron chi connectivity index (χ3n) is 15.0. The molecule has 0 spiro atoms. The van der Waals surface area contributed by atoms with Crippen LogP contribution in [0.3, 0.4) is 0 Å². The van der Waals surface area contributed by atoms with Crippen LogP contribution in [-0.4, -0.2) is 148 Å². The fraction of sp³-hybridized carbons (Fsp3) is 0.750. The van der Waals surface area contributed by atoms with Crippen LogP contribution >= 0.6 is 0 Å². The molecule has 0 radical (unpaired) electrons. The Bertz CT molecular complexity index is 1940. The van der Waals surface area contributed by atoms with Crippen LogP contribution in [0.15, 0.2) is 69.9 Å². The molecule has 0 aliphatic carbocycles. The number of carbonyl (C=O) groups is 2. The van der Waals surface area contributed by atoms with E-state index in [2.05, 4.69) is 32.1 Å². The second kappa shape index (κ2) is 28.7. The number of carbonyl (C=O) groups excluding carboxylic acids is 1. The second-order valence-electron chi connectivity index (χ2n) is 22.2. The quantitative estimate of drug-likeness (QED) is 0.143. The van der Waals surface area contributed by atoms with Gasteiger partial charge in [-0.25, -0.2) is 0 Å². The largest absolute Gasteiger partial charge is 0.481 e. The summed E-state index contributed by atoms with van der Waals surface area (Å²) in [4.78, 5) is 25.6. The number of aliphatic hydroxyl groups is 9. The molecular weight excluding hydrogens is 929 g/mol. The third-order valence-corrected chi connectivity index (χ3v) is 15.0. The van der Waals surface area contributed by atoms with Gasteiger partial charge in [0, 0.05) is 31.1 Å². The summed E-state index contributed by atoms with van der Waals surface area (Å²) in [6.07, 6.45) is -3.41. The molecule has 20 atom stereocenters. The molecule has 412 valence electrons. The highest BCUT2D eigenvalue weighted by atomic mass is 16.7. The van der Waals surface area contributed by atoms with Crippen molar-refractivity contribution in [2.24, 2.45) is 35.5 Å². The SMILES string of the molecule is CC1=CC(C)=CC(C)=C[C@H](O[C@H]2O[C@@H](C)[C@@H](O)[C@@H](C)[C@H]2O)CC2O[C@@](O)(CC(O)[C@H]2C(=O)O)C[C@@H](O)C[C@@H](O)[C@H](C)CC[C@@H](O)C[C@@H](O)CC(=O)OC(C)[C@@H](C)[C@H](O)[C@H](C)C(C)CC(C)=CC(C)=CC(C)=C1. The predicted molar refractivity (Wildman–Crippen MR) is 274 cm³/mol.